The summed E-state index contributed by atoms with van der Waals surface area (Å²) in [6.07, 6.45) is -2.43. The second-order valence-electron chi connectivity index (χ2n) is 5.46. The Hall–Kier alpha value is -1.97. The highest BCUT2D eigenvalue weighted by molar-refractivity contribution is 5.55. The normalized spacial score (nSPS) is 17.6. The summed E-state index contributed by atoms with van der Waals surface area (Å²) in [5.41, 5.74) is 3.25. The first-order chi connectivity index (χ1) is 9.95. The Morgan fingerprint density at radius 2 is 1.86 bits per heavy atom. The second kappa shape index (κ2) is 5.10. The van der Waals surface area contributed by atoms with Gasteiger partial charge in [0.2, 0.25) is 0 Å². The number of nitrogens with one attached hydrogen (secondary N) is 1. The molecule has 0 amide bonds. The van der Waals surface area contributed by atoms with E-state index in [0.29, 0.717) is 5.69 Å². The third-order valence-corrected chi connectivity index (χ3v) is 4.03. The second-order valence-corrected chi connectivity index (χ2v) is 5.46. The van der Waals surface area contributed by atoms with Gasteiger partial charge in [0.15, 0.2) is 0 Å². The van der Waals surface area contributed by atoms with Crippen LogP contribution in [-0.4, -0.2) is 0 Å². The standard InChI is InChI=1S/C17H16F3N/c1-11-6-8-13(17(18,19)20)10-16(11)21-15-9-7-12-4-2-3-5-14(12)15/h2-6,8,10,15,21H,7,9H2,1H3. The summed E-state index contributed by atoms with van der Waals surface area (Å²) in [5.74, 6) is 0. The zero-order valence-electron chi connectivity index (χ0n) is 11.7. The molecule has 0 fully saturated rings. The maximum absolute atomic E-state index is 12.8. The lowest BCUT2D eigenvalue weighted by molar-refractivity contribution is -0.137. The number of anilines is 1. The maximum Gasteiger partial charge on any atom is 0.416 e. The van der Waals surface area contributed by atoms with Gasteiger partial charge < -0.3 is 5.32 Å². The number of hydrogen-bond acceptors (Lipinski definition) is 1. The number of aryl methyl sites for hydroxylation is 2. The maximum atomic E-state index is 12.8. The van der Waals surface area contributed by atoms with Crippen molar-refractivity contribution in [3.05, 3.63) is 64.7 Å². The van der Waals surface area contributed by atoms with Crippen molar-refractivity contribution >= 4 is 5.69 Å². The van der Waals surface area contributed by atoms with Crippen molar-refractivity contribution in [2.75, 3.05) is 5.32 Å². The zero-order valence-corrected chi connectivity index (χ0v) is 11.7. The van der Waals surface area contributed by atoms with Gasteiger partial charge in [-0.2, -0.15) is 13.2 Å². The van der Waals surface area contributed by atoms with Crippen LogP contribution >= 0.6 is 0 Å². The summed E-state index contributed by atoms with van der Waals surface area (Å²) >= 11 is 0. The summed E-state index contributed by atoms with van der Waals surface area (Å²) in [4.78, 5) is 0. The van der Waals surface area contributed by atoms with Crippen LogP contribution in [0.25, 0.3) is 0 Å². The summed E-state index contributed by atoms with van der Waals surface area (Å²) in [5, 5.41) is 3.28. The molecule has 110 valence electrons. The Kier molecular flexibility index (Phi) is 3.40. The van der Waals surface area contributed by atoms with E-state index in [1.165, 1.54) is 23.3 Å². The molecule has 1 N–H and O–H groups in total. The van der Waals surface area contributed by atoms with E-state index >= 15 is 0 Å². The number of fused-ring (bicyclic) bond motifs is 1. The number of benzene rings is 2. The molecule has 0 aliphatic heterocycles. The average molecular weight is 291 g/mol. The van der Waals surface area contributed by atoms with Gasteiger partial charge in [-0.05, 0) is 48.6 Å². The van der Waals surface area contributed by atoms with Gasteiger partial charge in [0.05, 0.1) is 11.6 Å². The van der Waals surface area contributed by atoms with E-state index in [2.05, 4.69) is 11.4 Å². The van der Waals surface area contributed by atoms with E-state index in [-0.39, 0.29) is 6.04 Å². The van der Waals surface area contributed by atoms with Crippen molar-refractivity contribution in [1.29, 1.82) is 0 Å². The monoisotopic (exact) mass is 291 g/mol. The van der Waals surface area contributed by atoms with Crippen LogP contribution < -0.4 is 5.32 Å². The van der Waals surface area contributed by atoms with Crippen molar-refractivity contribution < 1.29 is 13.2 Å². The van der Waals surface area contributed by atoms with E-state index in [1.807, 2.05) is 25.1 Å². The molecule has 0 aromatic heterocycles. The van der Waals surface area contributed by atoms with Crippen LogP contribution in [0.3, 0.4) is 0 Å². The Bertz CT molecular complexity index is 661. The highest BCUT2D eigenvalue weighted by Crippen LogP contribution is 2.36. The lowest BCUT2D eigenvalue weighted by Gasteiger charge is -2.19. The number of halogens is 3. The molecule has 0 bridgehead atoms. The molecule has 1 aliphatic rings. The molecule has 3 rings (SSSR count). The van der Waals surface area contributed by atoms with Gasteiger partial charge in [-0.1, -0.05) is 30.3 Å². The molecule has 21 heavy (non-hydrogen) atoms. The molecule has 0 saturated heterocycles. The van der Waals surface area contributed by atoms with Crippen LogP contribution in [0.15, 0.2) is 42.5 Å². The first kappa shape index (κ1) is 14.0. The summed E-state index contributed by atoms with van der Waals surface area (Å²) < 4.78 is 38.5. The predicted octanol–water partition coefficient (Wildman–Crippen LogP) is 5.11. The van der Waals surface area contributed by atoms with Crippen LogP contribution in [-0.2, 0) is 12.6 Å². The third-order valence-electron chi connectivity index (χ3n) is 4.03. The number of alkyl halides is 3. The lowest BCUT2D eigenvalue weighted by atomic mass is 10.1. The van der Waals surface area contributed by atoms with Gasteiger partial charge in [0, 0.05) is 5.69 Å². The SMILES string of the molecule is Cc1ccc(C(F)(F)F)cc1NC1CCc2ccccc21. The topological polar surface area (TPSA) is 12.0 Å². The summed E-state index contributed by atoms with van der Waals surface area (Å²) in [6.45, 7) is 1.82. The first-order valence-corrected chi connectivity index (χ1v) is 6.97. The molecule has 1 unspecified atom stereocenters. The van der Waals surface area contributed by atoms with Crippen LogP contribution in [0.1, 0.15) is 34.7 Å². The molecule has 1 nitrogen and oxygen atoms in total. The Morgan fingerprint density at radius 3 is 2.62 bits per heavy atom. The highest BCUT2D eigenvalue weighted by Gasteiger charge is 2.31. The quantitative estimate of drug-likeness (QED) is 0.810. The van der Waals surface area contributed by atoms with E-state index in [0.717, 1.165) is 24.5 Å². The van der Waals surface area contributed by atoms with Crippen molar-refractivity contribution in [3.63, 3.8) is 0 Å². The van der Waals surface area contributed by atoms with Gasteiger partial charge in [-0.15, -0.1) is 0 Å². The highest BCUT2D eigenvalue weighted by atomic mass is 19.4. The molecule has 2 aromatic carbocycles. The van der Waals surface area contributed by atoms with Crippen LogP contribution in [0.2, 0.25) is 0 Å². The molecule has 0 saturated carbocycles. The summed E-state index contributed by atoms with van der Waals surface area (Å²) in [6, 6.07) is 12.0. The average Bonchev–Trinajstić information content (AvgIpc) is 2.83. The fraction of sp³-hybridized carbons (Fsp3) is 0.294. The van der Waals surface area contributed by atoms with Gasteiger partial charge in [0.1, 0.15) is 0 Å². The smallest absolute Gasteiger partial charge is 0.378 e. The minimum absolute atomic E-state index is 0.0865. The molecule has 0 heterocycles. The molecular formula is C17H16F3N. The van der Waals surface area contributed by atoms with Crippen molar-refractivity contribution in [1.82, 2.24) is 0 Å². The van der Waals surface area contributed by atoms with Crippen LogP contribution in [0.4, 0.5) is 18.9 Å². The van der Waals surface area contributed by atoms with Crippen molar-refractivity contribution in [2.45, 2.75) is 32.0 Å². The van der Waals surface area contributed by atoms with Gasteiger partial charge in [-0.25, -0.2) is 0 Å². The van der Waals surface area contributed by atoms with Gasteiger partial charge in [-0.3, -0.25) is 0 Å². The molecular weight excluding hydrogens is 275 g/mol. The Balaban J connectivity index is 1.89. The Labute approximate surface area is 121 Å². The van der Waals surface area contributed by atoms with Gasteiger partial charge >= 0.3 is 6.18 Å². The van der Waals surface area contributed by atoms with Crippen LogP contribution in [0.5, 0.6) is 0 Å². The fourth-order valence-electron chi connectivity index (χ4n) is 2.85. The van der Waals surface area contributed by atoms with E-state index < -0.39 is 11.7 Å². The molecule has 1 aliphatic carbocycles. The molecule has 4 heteroatoms. The zero-order chi connectivity index (χ0) is 15.0. The first-order valence-electron chi connectivity index (χ1n) is 6.97. The predicted molar refractivity (Wildman–Crippen MR) is 77.3 cm³/mol. The number of rotatable bonds is 2. The molecule has 2 aromatic rings. The minimum atomic E-state index is -4.31. The van der Waals surface area contributed by atoms with Crippen molar-refractivity contribution in [2.24, 2.45) is 0 Å². The third kappa shape index (κ3) is 2.75. The van der Waals surface area contributed by atoms with E-state index in [1.54, 1.807) is 0 Å². The molecule has 0 spiro atoms. The largest absolute Gasteiger partial charge is 0.416 e. The summed E-state index contributed by atoms with van der Waals surface area (Å²) in [7, 11) is 0. The van der Waals surface area contributed by atoms with E-state index in [4.69, 9.17) is 0 Å². The molecule has 1 atom stereocenters. The lowest BCUT2D eigenvalue weighted by Crippen LogP contribution is -2.11. The minimum Gasteiger partial charge on any atom is -0.378 e. The van der Waals surface area contributed by atoms with E-state index in [9.17, 15) is 13.2 Å². The van der Waals surface area contributed by atoms with Crippen molar-refractivity contribution in [3.8, 4) is 0 Å². The Morgan fingerprint density at radius 1 is 1.10 bits per heavy atom. The number of hydrogen-bond donors (Lipinski definition) is 1. The van der Waals surface area contributed by atoms with Crippen LogP contribution in [0, 0.1) is 6.92 Å². The molecule has 0 radical (unpaired) electrons. The fourth-order valence-corrected chi connectivity index (χ4v) is 2.85. The van der Waals surface area contributed by atoms with Gasteiger partial charge in [0.25, 0.3) is 0 Å².